The van der Waals surface area contributed by atoms with Gasteiger partial charge in [-0.1, -0.05) is 30.3 Å². The van der Waals surface area contributed by atoms with Crippen LogP contribution in [0.5, 0.6) is 0 Å². The fourth-order valence-corrected chi connectivity index (χ4v) is 3.05. The van der Waals surface area contributed by atoms with Crippen molar-refractivity contribution in [3.63, 3.8) is 0 Å². The fourth-order valence-electron chi connectivity index (χ4n) is 2.13. The number of carbonyl (C=O) groups excluding carboxylic acids is 2. The van der Waals surface area contributed by atoms with Gasteiger partial charge in [-0.25, -0.2) is 4.98 Å². The zero-order valence-electron chi connectivity index (χ0n) is 14.4. The first-order chi connectivity index (χ1) is 12.5. The predicted octanol–water partition coefficient (Wildman–Crippen LogP) is 2.29. The molecule has 0 saturated carbocycles. The first-order valence-corrected chi connectivity index (χ1v) is 9.50. The summed E-state index contributed by atoms with van der Waals surface area (Å²) < 4.78 is 1.62. The number of nitrogens with one attached hydrogen (secondary N) is 2. The zero-order chi connectivity index (χ0) is 18.9. The number of amides is 2. The molecule has 2 aromatic rings. The average Bonchev–Trinajstić information content (AvgIpc) is 3.01. The summed E-state index contributed by atoms with van der Waals surface area (Å²) in [7, 11) is 0. The Hall–Kier alpha value is -2.03. The molecule has 0 fully saturated rings. The summed E-state index contributed by atoms with van der Waals surface area (Å²) in [6, 6.07) is 6.82. The summed E-state index contributed by atoms with van der Waals surface area (Å²) >= 11 is 7.02. The highest BCUT2D eigenvalue weighted by atomic mass is 35.5. The number of aromatic nitrogens is 2. The number of rotatable bonds is 9. The van der Waals surface area contributed by atoms with Gasteiger partial charge in [0.2, 0.25) is 11.8 Å². The topological polar surface area (TPSA) is 96.2 Å². The van der Waals surface area contributed by atoms with Crippen LogP contribution in [0, 0.1) is 0 Å². The minimum atomic E-state index is -0.231. The lowest BCUT2D eigenvalue weighted by molar-refractivity contribution is -0.121. The second kappa shape index (κ2) is 10.2. The molecular formula is C17H21ClN4O3S. The zero-order valence-corrected chi connectivity index (χ0v) is 15.9. The number of aliphatic hydroxyl groups excluding tert-OH is 1. The Morgan fingerprint density at radius 3 is 2.65 bits per heavy atom. The summed E-state index contributed by atoms with van der Waals surface area (Å²) in [4.78, 5) is 28.2. The van der Waals surface area contributed by atoms with Crippen LogP contribution >= 0.6 is 23.4 Å². The predicted molar refractivity (Wildman–Crippen MR) is 102 cm³/mol. The number of aliphatic hydroxyl groups is 1. The van der Waals surface area contributed by atoms with Crippen molar-refractivity contribution in [2.24, 2.45) is 0 Å². The van der Waals surface area contributed by atoms with Crippen molar-refractivity contribution in [1.82, 2.24) is 14.9 Å². The SMILES string of the molecule is CCCNC(=O)Cn1c(CO)cnc1SCC(=O)Nc1ccc(Cl)cc1. The van der Waals surface area contributed by atoms with E-state index in [4.69, 9.17) is 11.6 Å². The van der Waals surface area contributed by atoms with Gasteiger partial charge in [-0.15, -0.1) is 0 Å². The first kappa shape index (κ1) is 20.3. The minimum Gasteiger partial charge on any atom is -0.390 e. The first-order valence-electron chi connectivity index (χ1n) is 8.13. The molecule has 1 aromatic heterocycles. The van der Waals surface area contributed by atoms with E-state index in [1.165, 1.54) is 18.0 Å². The third-order valence-corrected chi connectivity index (χ3v) is 4.64. The van der Waals surface area contributed by atoms with Gasteiger partial charge in [-0.05, 0) is 30.7 Å². The van der Waals surface area contributed by atoms with E-state index < -0.39 is 0 Å². The van der Waals surface area contributed by atoms with E-state index in [1.807, 2.05) is 6.92 Å². The number of halogens is 1. The van der Waals surface area contributed by atoms with E-state index >= 15 is 0 Å². The molecule has 0 aliphatic heterocycles. The molecule has 0 radical (unpaired) electrons. The van der Waals surface area contributed by atoms with Crippen molar-refractivity contribution < 1.29 is 14.7 Å². The van der Waals surface area contributed by atoms with E-state index in [9.17, 15) is 14.7 Å². The summed E-state index contributed by atoms with van der Waals surface area (Å²) in [6.45, 7) is 2.38. The van der Waals surface area contributed by atoms with E-state index in [2.05, 4.69) is 15.6 Å². The molecule has 7 nitrogen and oxygen atoms in total. The van der Waals surface area contributed by atoms with Crippen LogP contribution < -0.4 is 10.6 Å². The summed E-state index contributed by atoms with van der Waals surface area (Å²) in [5.41, 5.74) is 1.18. The highest BCUT2D eigenvalue weighted by Crippen LogP contribution is 2.20. The maximum absolute atomic E-state index is 12.1. The summed E-state index contributed by atoms with van der Waals surface area (Å²) in [5.74, 6) is -0.235. The average molecular weight is 397 g/mol. The maximum atomic E-state index is 12.1. The Labute approximate surface area is 161 Å². The number of benzene rings is 1. The Balaban J connectivity index is 1.95. The summed E-state index contributed by atoms with van der Waals surface area (Å²) in [5, 5.41) is 16.1. The van der Waals surface area contributed by atoms with Crippen molar-refractivity contribution in [3.8, 4) is 0 Å². The molecule has 26 heavy (non-hydrogen) atoms. The Bertz CT molecular complexity index is 749. The van der Waals surface area contributed by atoms with Crippen LogP contribution in [0.1, 0.15) is 19.0 Å². The van der Waals surface area contributed by atoms with Gasteiger partial charge in [0.15, 0.2) is 5.16 Å². The molecule has 0 aliphatic carbocycles. The van der Waals surface area contributed by atoms with Crippen molar-refractivity contribution in [1.29, 1.82) is 0 Å². The number of hydrogen-bond acceptors (Lipinski definition) is 5. The molecule has 2 rings (SSSR count). The molecule has 0 spiro atoms. The van der Waals surface area contributed by atoms with Gasteiger partial charge in [0, 0.05) is 17.3 Å². The van der Waals surface area contributed by atoms with Crippen LogP contribution in [0.3, 0.4) is 0 Å². The third kappa shape index (κ3) is 6.05. The molecule has 0 bridgehead atoms. The van der Waals surface area contributed by atoms with Gasteiger partial charge in [0.25, 0.3) is 0 Å². The van der Waals surface area contributed by atoms with Crippen LogP contribution in [-0.2, 0) is 22.7 Å². The van der Waals surface area contributed by atoms with Gasteiger partial charge in [-0.3, -0.25) is 9.59 Å². The lowest BCUT2D eigenvalue weighted by Crippen LogP contribution is -2.29. The second-order valence-electron chi connectivity index (χ2n) is 5.47. The molecule has 0 unspecified atom stereocenters. The van der Waals surface area contributed by atoms with Crippen LogP contribution in [-0.4, -0.2) is 38.8 Å². The Morgan fingerprint density at radius 2 is 2.00 bits per heavy atom. The molecule has 9 heteroatoms. The molecule has 2 amide bonds. The molecular weight excluding hydrogens is 376 g/mol. The van der Waals surface area contributed by atoms with Gasteiger partial charge < -0.3 is 20.3 Å². The molecule has 1 aromatic carbocycles. The Kier molecular flexibility index (Phi) is 7.96. The van der Waals surface area contributed by atoms with Crippen molar-refractivity contribution >= 4 is 40.9 Å². The lowest BCUT2D eigenvalue weighted by atomic mass is 10.3. The van der Waals surface area contributed by atoms with Crippen molar-refractivity contribution in [2.45, 2.75) is 31.7 Å². The lowest BCUT2D eigenvalue weighted by Gasteiger charge is -2.11. The van der Waals surface area contributed by atoms with Crippen molar-refractivity contribution in [3.05, 3.63) is 41.2 Å². The van der Waals surface area contributed by atoms with E-state index in [1.54, 1.807) is 28.8 Å². The molecule has 0 atom stereocenters. The molecule has 0 saturated heterocycles. The molecule has 3 N–H and O–H groups in total. The maximum Gasteiger partial charge on any atom is 0.240 e. The smallest absolute Gasteiger partial charge is 0.240 e. The molecule has 0 aliphatic rings. The molecule has 140 valence electrons. The molecule has 1 heterocycles. The van der Waals surface area contributed by atoms with Gasteiger partial charge in [0.05, 0.1) is 24.3 Å². The number of nitrogens with zero attached hydrogens (tertiary/aromatic N) is 2. The van der Waals surface area contributed by atoms with Crippen LogP contribution in [0.2, 0.25) is 5.02 Å². The van der Waals surface area contributed by atoms with E-state index in [0.29, 0.717) is 28.1 Å². The minimum absolute atomic E-state index is 0.0526. The number of imidazole rings is 1. The van der Waals surface area contributed by atoms with Crippen molar-refractivity contribution in [2.75, 3.05) is 17.6 Å². The van der Waals surface area contributed by atoms with Crippen LogP contribution in [0.15, 0.2) is 35.6 Å². The third-order valence-electron chi connectivity index (χ3n) is 3.40. The number of hydrogen-bond donors (Lipinski definition) is 3. The quantitative estimate of drug-likeness (QED) is 0.565. The standard InChI is InChI=1S/C17H21ClN4O3S/c1-2-7-19-15(24)9-22-14(10-23)8-20-17(22)26-11-16(25)21-13-5-3-12(18)4-6-13/h3-6,8,23H,2,7,9-11H2,1H3,(H,19,24)(H,21,25). The second-order valence-corrected chi connectivity index (χ2v) is 6.85. The number of carbonyl (C=O) groups is 2. The number of anilines is 1. The highest BCUT2D eigenvalue weighted by Gasteiger charge is 2.14. The van der Waals surface area contributed by atoms with Crippen LogP contribution in [0.25, 0.3) is 0 Å². The monoisotopic (exact) mass is 396 g/mol. The fraction of sp³-hybridized carbons (Fsp3) is 0.353. The highest BCUT2D eigenvalue weighted by molar-refractivity contribution is 7.99. The number of thioether (sulfide) groups is 1. The normalized spacial score (nSPS) is 10.6. The van der Waals surface area contributed by atoms with E-state index in [-0.39, 0.29) is 30.7 Å². The van der Waals surface area contributed by atoms with Crippen LogP contribution in [0.4, 0.5) is 5.69 Å². The van der Waals surface area contributed by atoms with Gasteiger partial charge >= 0.3 is 0 Å². The van der Waals surface area contributed by atoms with Gasteiger partial charge in [-0.2, -0.15) is 0 Å². The Morgan fingerprint density at radius 1 is 1.27 bits per heavy atom. The van der Waals surface area contributed by atoms with E-state index in [0.717, 1.165) is 6.42 Å². The summed E-state index contributed by atoms with van der Waals surface area (Å²) in [6.07, 6.45) is 2.35. The largest absolute Gasteiger partial charge is 0.390 e. The van der Waals surface area contributed by atoms with Gasteiger partial charge in [0.1, 0.15) is 6.54 Å².